The van der Waals surface area contributed by atoms with Gasteiger partial charge in [0.05, 0.1) is 6.20 Å². The zero-order chi connectivity index (χ0) is 13.3. The molecule has 0 aliphatic heterocycles. The highest BCUT2D eigenvalue weighted by molar-refractivity contribution is 5.99. The van der Waals surface area contributed by atoms with Gasteiger partial charge in [0.25, 0.3) is 5.91 Å². The summed E-state index contributed by atoms with van der Waals surface area (Å²) in [7, 11) is 0. The molecule has 0 aromatic carbocycles. The summed E-state index contributed by atoms with van der Waals surface area (Å²) in [5.74, 6) is -0.195. The van der Waals surface area contributed by atoms with Crippen molar-refractivity contribution < 1.29 is 4.79 Å². The van der Waals surface area contributed by atoms with Crippen molar-refractivity contribution in [2.24, 2.45) is 5.73 Å². The summed E-state index contributed by atoms with van der Waals surface area (Å²) in [6.45, 7) is 6.09. The first-order valence-corrected chi connectivity index (χ1v) is 5.85. The molecule has 0 bridgehead atoms. The lowest BCUT2D eigenvalue weighted by Gasteiger charge is -2.07. The average molecular weight is 247 g/mol. The van der Waals surface area contributed by atoms with Crippen molar-refractivity contribution in [1.29, 1.82) is 0 Å². The number of carbonyl (C=O) groups excluding carboxylic acids is 1. The summed E-state index contributed by atoms with van der Waals surface area (Å²) in [6, 6.07) is 1.84. The molecule has 6 heteroatoms. The Labute approximate surface area is 105 Å². The van der Waals surface area contributed by atoms with E-state index in [2.05, 4.69) is 15.4 Å². The van der Waals surface area contributed by atoms with Gasteiger partial charge < -0.3 is 11.1 Å². The molecule has 0 saturated carbocycles. The van der Waals surface area contributed by atoms with E-state index in [9.17, 15) is 4.79 Å². The van der Waals surface area contributed by atoms with Gasteiger partial charge in [-0.1, -0.05) is 0 Å². The number of hydrogen-bond donors (Lipinski definition) is 2. The first kappa shape index (κ1) is 12.5. The molecule has 0 aliphatic carbocycles. The second kappa shape index (κ2) is 4.73. The van der Waals surface area contributed by atoms with Gasteiger partial charge in [-0.3, -0.25) is 4.79 Å². The van der Waals surface area contributed by atoms with Crippen LogP contribution in [-0.4, -0.2) is 33.1 Å². The van der Waals surface area contributed by atoms with Crippen molar-refractivity contribution in [1.82, 2.24) is 19.9 Å². The number of amides is 1. The van der Waals surface area contributed by atoms with E-state index < -0.39 is 0 Å². The predicted octanol–water partition coefficient (Wildman–Crippen LogP) is 0.423. The Hall–Kier alpha value is -1.95. The van der Waals surface area contributed by atoms with Crippen molar-refractivity contribution in [3.63, 3.8) is 0 Å². The molecule has 2 rings (SSSR count). The summed E-state index contributed by atoms with van der Waals surface area (Å²) in [6.07, 6.45) is 1.53. The first-order chi connectivity index (χ1) is 8.49. The predicted molar refractivity (Wildman–Crippen MR) is 68.4 cm³/mol. The number of rotatable bonds is 3. The minimum atomic E-state index is -0.195. The number of carbonyl (C=O) groups is 1. The monoisotopic (exact) mass is 247 g/mol. The van der Waals surface area contributed by atoms with E-state index in [1.807, 2.05) is 26.8 Å². The second-order valence-corrected chi connectivity index (χ2v) is 4.52. The Bertz CT molecular complexity index is 587. The molecule has 0 saturated heterocycles. The third-order valence-electron chi connectivity index (χ3n) is 2.61. The molecule has 96 valence electrons. The summed E-state index contributed by atoms with van der Waals surface area (Å²) in [5.41, 5.74) is 8.47. The van der Waals surface area contributed by atoms with Crippen LogP contribution in [-0.2, 0) is 0 Å². The summed E-state index contributed by atoms with van der Waals surface area (Å²) in [4.78, 5) is 16.3. The van der Waals surface area contributed by atoms with Gasteiger partial charge in [-0.05, 0) is 26.8 Å². The van der Waals surface area contributed by atoms with E-state index in [1.165, 1.54) is 6.20 Å². The normalized spacial score (nSPS) is 12.7. The maximum absolute atomic E-state index is 12.0. The minimum absolute atomic E-state index is 0.0766. The Morgan fingerprint density at radius 1 is 1.56 bits per heavy atom. The van der Waals surface area contributed by atoms with E-state index in [0.717, 1.165) is 11.4 Å². The van der Waals surface area contributed by atoms with Gasteiger partial charge in [-0.25, -0.2) is 9.50 Å². The Kier molecular flexibility index (Phi) is 3.29. The highest BCUT2D eigenvalue weighted by Crippen LogP contribution is 2.11. The molecule has 3 N–H and O–H groups in total. The van der Waals surface area contributed by atoms with E-state index in [4.69, 9.17) is 5.73 Å². The van der Waals surface area contributed by atoms with E-state index in [0.29, 0.717) is 17.8 Å². The van der Waals surface area contributed by atoms with Gasteiger partial charge in [0.1, 0.15) is 5.56 Å². The molecular formula is C12H17N5O. The number of hydrogen-bond acceptors (Lipinski definition) is 4. The van der Waals surface area contributed by atoms with Gasteiger partial charge in [-0.15, -0.1) is 0 Å². The summed E-state index contributed by atoms with van der Waals surface area (Å²) in [5, 5.41) is 6.93. The quantitative estimate of drug-likeness (QED) is 0.823. The molecule has 1 atom stereocenters. The van der Waals surface area contributed by atoms with Crippen molar-refractivity contribution >= 4 is 11.6 Å². The Balaban J connectivity index is 2.37. The van der Waals surface area contributed by atoms with Crippen molar-refractivity contribution in [3.8, 4) is 0 Å². The number of nitrogens with zero attached hydrogens (tertiary/aromatic N) is 3. The number of nitrogens with one attached hydrogen (secondary N) is 1. The van der Waals surface area contributed by atoms with Crippen LogP contribution in [0.3, 0.4) is 0 Å². The second-order valence-electron chi connectivity index (χ2n) is 4.52. The van der Waals surface area contributed by atoms with E-state index in [1.54, 1.807) is 4.52 Å². The molecule has 6 nitrogen and oxygen atoms in total. The minimum Gasteiger partial charge on any atom is -0.350 e. The highest BCUT2D eigenvalue weighted by atomic mass is 16.1. The molecule has 1 amide bonds. The van der Waals surface area contributed by atoms with Gasteiger partial charge in [0, 0.05) is 24.0 Å². The van der Waals surface area contributed by atoms with Crippen LogP contribution in [0, 0.1) is 13.8 Å². The van der Waals surface area contributed by atoms with Crippen molar-refractivity contribution in [2.45, 2.75) is 26.8 Å². The fraction of sp³-hybridized carbons (Fsp3) is 0.417. The summed E-state index contributed by atoms with van der Waals surface area (Å²) < 4.78 is 1.66. The molecule has 0 spiro atoms. The van der Waals surface area contributed by atoms with Crippen LogP contribution in [0.4, 0.5) is 0 Å². The molecule has 0 radical (unpaired) electrons. The van der Waals surface area contributed by atoms with Gasteiger partial charge >= 0.3 is 0 Å². The molecule has 1 unspecified atom stereocenters. The van der Waals surface area contributed by atoms with Gasteiger partial charge in [-0.2, -0.15) is 5.10 Å². The van der Waals surface area contributed by atoms with Crippen molar-refractivity contribution in [2.75, 3.05) is 6.54 Å². The zero-order valence-electron chi connectivity index (χ0n) is 10.8. The lowest BCUT2D eigenvalue weighted by molar-refractivity contribution is 0.0953. The summed E-state index contributed by atoms with van der Waals surface area (Å²) >= 11 is 0. The third kappa shape index (κ3) is 2.33. The van der Waals surface area contributed by atoms with Crippen LogP contribution in [0.1, 0.15) is 28.7 Å². The van der Waals surface area contributed by atoms with Gasteiger partial charge in [0.2, 0.25) is 0 Å². The molecule has 2 aromatic rings. The third-order valence-corrected chi connectivity index (χ3v) is 2.61. The smallest absolute Gasteiger partial charge is 0.256 e. The van der Waals surface area contributed by atoms with Crippen LogP contribution in [0.15, 0.2) is 12.3 Å². The standard InChI is InChI=1S/C12H17N5O/c1-7(13)5-14-12(18)10-6-15-17-9(3)4-8(2)16-11(10)17/h4,6-7H,5,13H2,1-3H3,(H,14,18). The lowest BCUT2D eigenvalue weighted by Crippen LogP contribution is -2.35. The SMILES string of the molecule is Cc1cc(C)n2ncc(C(=O)NCC(C)N)c2n1. The average Bonchev–Trinajstić information content (AvgIpc) is 2.69. The topological polar surface area (TPSA) is 85.3 Å². The molecule has 18 heavy (non-hydrogen) atoms. The molecular weight excluding hydrogens is 230 g/mol. The van der Waals surface area contributed by atoms with Crippen LogP contribution < -0.4 is 11.1 Å². The number of nitrogens with two attached hydrogens (primary N) is 1. The van der Waals surface area contributed by atoms with Crippen LogP contribution in [0.5, 0.6) is 0 Å². The Morgan fingerprint density at radius 3 is 2.94 bits per heavy atom. The van der Waals surface area contributed by atoms with Crippen LogP contribution in [0.25, 0.3) is 5.65 Å². The number of aryl methyl sites for hydroxylation is 2. The van der Waals surface area contributed by atoms with Gasteiger partial charge in [0.15, 0.2) is 5.65 Å². The largest absolute Gasteiger partial charge is 0.350 e. The lowest BCUT2D eigenvalue weighted by atomic mass is 10.2. The van der Waals surface area contributed by atoms with Crippen LogP contribution in [0.2, 0.25) is 0 Å². The fourth-order valence-electron chi connectivity index (χ4n) is 1.78. The number of fused-ring (bicyclic) bond motifs is 1. The fourth-order valence-corrected chi connectivity index (χ4v) is 1.78. The molecule has 2 heterocycles. The van der Waals surface area contributed by atoms with Crippen molar-refractivity contribution in [3.05, 3.63) is 29.2 Å². The molecule has 0 fully saturated rings. The maximum atomic E-state index is 12.0. The molecule has 2 aromatic heterocycles. The van der Waals surface area contributed by atoms with E-state index in [-0.39, 0.29) is 11.9 Å². The number of aromatic nitrogens is 3. The maximum Gasteiger partial charge on any atom is 0.256 e. The first-order valence-electron chi connectivity index (χ1n) is 5.85. The van der Waals surface area contributed by atoms with E-state index >= 15 is 0 Å². The Morgan fingerprint density at radius 2 is 2.28 bits per heavy atom. The van der Waals surface area contributed by atoms with Crippen LogP contribution >= 0.6 is 0 Å². The zero-order valence-corrected chi connectivity index (χ0v) is 10.8. The molecule has 0 aliphatic rings. The highest BCUT2D eigenvalue weighted by Gasteiger charge is 2.15.